The highest BCUT2D eigenvalue weighted by molar-refractivity contribution is 6.62. The van der Waals surface area contributed by atoms with E-state index in [-0.39, 0.29) is 0 Å². The largest absolute Gasteiger partial charge is 0.497 e. The summed E-state index contributed by atoms with van der Waals surface area (Å²) < 4.78 is 25.3. The molecule has 1 fully saturated rings. The third kappa shape index (κ3) is 1.98. The van der Waals surface area contributed by atoms with Gasteiger partial charge in [0.2, 0.25) is 0 Å². The predicted octanol–water partition coefficient (Wildman–Crippen LogP) is 1.91. The highest BCUT2D eigenvalue weighted by Gasteiger charge is 2.54. The van der Waals surface area contributed by atoms with E-state index in [1.165, 1.54) is 6.20 Å². The lowest BCUT2D eigenvalue weighted by molar-refractivity contribution is -0.0118. The molecule has 92 valence electrons. The van der Waals surface area contributed by atoms with Gasteiger partial charge in [0.1, 0.15) is 5.82 Å². The van der Waals surface area contributed by atoms with E-state index in [2.05, 4.69) is 4.98 Å². The lowest BCUT2D eigenvalue weighted by Crippen LogP contribution is -2.44. The molecular weight excluding hydrogens is 220 g/mol. The Morgan fingerprint density at radius 1 is 1.35 bits per heavy atom. The van der Waals surface area contributed by atoms with Crippen LogP contribution in [0.2, 0.25) is 0 Å². The van der Waals surface area contributed by atoms with Crippen molar-refractivity contribution < 1.29 is 13.7 Å². The maximum Gasteiger partial charge on any atom is 0.497 e. The summed E-state index contributed by atoms with van der Waals surface area (Å²) in [5.74, 6) is -0.395. The predicted molar refractivity (Wildman–Crippen MR) is 64.5 cm³/mol. The maximum absolute atomic E-state index is 13.6. The van der Waals surface area contributed by atoms with Crippen molar-refractivity contribution in [3.8, 4) is 0 Å². The highest BCUT2D eigenvalue weighted by atomic mass is 19.1. The number of pyridine rings is 1. The van der Waals surface area contributed by atoms with Gasteiger partial charge in [-0.05, 0) is 33.3 Å². The zero-order valence-electron chi connectivity index (χ0n) is 10.7. The van der Waals surface area contributed by atoms with Crippen molar-refractivity contribution in [1.29, 1.82) is 0 Å². The van der Waals surface area contributed by atoms with Crippen LogP contribution in [0.25, 0.3) is 0 Å². The fourth-order valence-corrected chi connectivity index (χ4v) is 2.01. The Morgan fingerprint density at radius 3 is 2.59 bits per heavy atom. The van der Waals surface area contributed by atoms with E-state index in [1.54, 1.807) is 12.3 Å². The molecule has 0 N–H and O–H groups in total. The Labute approximate surface area is 101 Å². The number of hydrogen-bond donors (Lipinski definition) is 0. The average Bonchev–Trinajstić information content (AvgIpc) is 2.51. The number of rotatable bonds is 2. The lowest BCUT2D eigenvalue weighted by Gasteiger charge is -2.35. The molecule has 5 heteroatoms. The average molecular weight is 237 g/mol. The van der Waals surface area contributed by atoms with Gasteiger partial charge in [0, 0.05) is 11.7 Å². The van der Waals surface area contributed by atoms with Crippen LogP contribution < -0.4 is 5.46 Å². The molecule has 0 spiro atoms. The highest BCUT2D eigenvalue weighted by Crippen LogP contribution is 2.39. The summed E-state index contributed by atoms with van der Waals surface area (Å²) >= 11 is 0. The van der Waals surface area contributed by atoms with E-state index >= 15 is 0 Å². The minimum absolute atomic E-state index is 0.395. The Morgan fingerprint density at radius 2 is 2.06 bits per heavy atom. The first-order valence-electron chi connectivity index (χ1n) is 5.85. The van der Waals surface area contributed by atoms with Gasteiger partial charge in [-0.15, -0.1) is 0 Å². The summed E-state index contributed by atoms with van der Waals surface area (Å²) in [6.07, 6.45) is 3.53. The Bertz CT molecular complexity index is 427. The van der Waals surface area contributed by atoms with Gasteiger partial charge < -0.3 is 9.31 Å². The third-order valence-electron chi connectivity index (χ3n) is 3.77. The minimum atomic E-state index is -0.655. The molecule has 2 heterocycles. The number of hydrogen-bond acceptors (Lipinski definition) is 3. The lowest BCUT2D eigenvalue weighted by atomic mass is 9.79. The van der Waals surface area contributed by atoms with Crippen molar-refractivity contribution >= 4 is 12.6 Å². The van der Waals surface area contributed by atoms with E-state index in [1.807, 2.05) is 27.7 Å². The molecule has 1 aliphatic rings. The first-order chi connectivity index (χ1) is 7.89. The molecule has 0 aliphatic carbocycles. The first-order valence-corrected chi connectivity index (χ1v) is 5.85. The van der Waals surface area contributed by atoms with Crippen molar-refractivity contribution in [3.05, 3.63) is 24.3 Å². The molecule has 0 aromatic carbocycles. The normalized spacial score (nSPS) is 27.5. The summed E-state index contributed by atoms with van der Waals surface area (Å²) in [5.41, 5.74) is -0.444. The second kappa shape index (κ2) is 4.07. The molecule has 1 unspecified atom stereocenters. The topological polar surface area (TPSA) is 31.4 Å². The summed E-state index contributed by atoms with van der Waals surface area (Å²) in [5, 5.41) is 0. The molecule has 2 rings (SSSR count). The van der Waals surface area contributed by atoms with Crippen LogP contribution in [0.4, 0.5) is 4.39 Å². The molecule has 0 saturated carbocycles. The molecule has 0 amide bonds. The fourth-order valence-electron chi connectivity index (χ4n) is 2.01. The van der Waals surface area contributed by atoms with Gasteiger partial charge in [-0.3, -0.25) is 4.98 Å². The maximum atomic E-state index is 13.6. The van der Waals surface area contributed by atoms with Gasteiger partial charge >= 0.3 is 7.12 Å². The Hall–Kier alpha value is -0.935. The molecule has 1 aliphatic heterocycles. The van der Waals surface area contributed by atoms with Crippen LogP contribution >= 0.6 is 0 Å². The van der Waals surface area contributed by atoms with Gasteiger partial charge in [0.15, 0.2) is 0 Å². The monoisotopic (exact) mass is 237 g/mol. The molecule has 0 radical (unpaired) electrons. The van der Waals surface area contributed by atoms with Crippen molar-refractivity contribution in [2.45, 2.75) is 45.3 Å². The van der Waals surface area contributed by atoms with Crippen LogP contribution in [0, 0.1) is 5.82 Å². The second-order valence-electron chi connectivity index (χ2n) is 5.06. The van der Waals surface area contributed by atoms with Crippen LogP contribution in [-0.4, -0.2) is 23.3 Å². The van der Waals surface area contributed by atoms with Gasteiger partial charge in [-0.1, -0.05) is 6.92 Å². The standard InChI is InChI=1S/C12H17BFNO2/c1-5-12(4)11(2,3)16-13(17-12)9-6-7-15-8-10(9)14/h6-8H,5H2,1-4H3. The van der Waals surface area contributed by atoms with Crippen LogP contribution in [0.5, 0.6) is 0 Å². The second-order valence-corrected chi connectivity index (χ2v) is 5.06. The van der Waals surface area contributed by atoms with Crippen LogP contribution in [0.3, 0.4) is 0 Å². The van der Waals surface area contributed by atoms with Crippen LogP contribution in [-0.2, 0) is 9.31 Å². The van der Waals surface area contributed by atoms with E-state index in [9.17, 15) is 4.39 Å². The third-order valence-corrected chi connectivity index (χ3v) is 3.77. The Balaban J connectivity index is 2.31. The van der Waals surface area contributed by atoms with E-state index in [0.29, 0.717) is 5.46 Å². The zero-order chi connectivity index (χ0) is 12.7. The molecular formula is C12H17BFNO2. The zero-order valence-corrected chi connectivity index (χ0v) is 10.7. The van der Waals surface area contributed by atoms with Gasteiger partial charge in [0.25, 0.3) is 0 Å². The molecule has 3 nitrogen and oxygen atoms in total. The van der Waals surface area contributed by atoms with Gasteiger partial charge in [0.05, 0.1) is 17.4 Å². The smallest absolute Gasteiger partial charge is 0.399 e. The number of aromatic nitrogens is 1. The van der Waals surface area contributed by atoms with Crippen LogP contribution in [0.15, 0.2) is 18.5 Å². The van der Waals surface area contributed by atoms with E-state index < -0.39 is 24.1 Å². The van der Waals surface area contributed by atoms with Gasteiger partial charge in [-0.25, -0.2) is 4.39 Å². The molecule has 1 atom stereocenters. The van der Waals surface area contributed by atoms with Crippen molar-refractivity contribution in [3.63, 3.8) is 0 Å². The number of halogens is 1. The molecule has 17 heavy (non-hydrogen) atoms. The van der Waals surface area contributed by atoms with Crippen molar-refractivity contribution in [2.24, 2.45) is 0 Å². The summed E-state index contributed by atoms with van der Waals surface area (Å²) in [7, 11) is -0.655. The first kappa shape index (κ1) is 12.5. The fraction of sp³-hybridized carbons (Fsp3) is 0.583. The van der Waals surface area contributed by atoms with E-state index in [0.717, 1.165) is 6.42 Å². The van der Waals surface area contributed by atoms with Crippen LogP contribution in [0.1, 0.15) is 34.1 Å². The summed E-state index contributed by atoms with van der Waals surface area (Å²) in [4.78, 5) is 3.72. The quantitative estimate of drug-likeness (QED) is 0.736. The SMILES string of the molecule is CCC1(C)OB(c2ccncc2F)OC1(C)C. The molecule has 1 aromatic rings. The Kier molecular flexibility index (Phi) is 3.00. The summed E-state index contributed by atoms with van der Waals surface area (Å²) in [6, 6.07) is 1.59. The van der Waals surface area contributed by atoms with Crippen molar-refractivity contribution in [2.75, 3.05) is 0 Å². The van der Waals surface area contributed by atoms with Gasteiger partial charge in [-0.2, -0.15) is 0 Å². The molecule has 1 saturated heterocycles. The van der Waals surface area contributed by atoms with E-state index in [4.69, 9.17) is 9.31 Å². The molecule has 0 bridgehead atoms. The van der Waals surface area contributed by atoms with Crippen molar-refractivity contribution in [1.82, 2.24) is 4.98 Å². The minimum Gasteiger partial charge on any atom is -0.399 e. The summed E-state index contributed by atoms with van der Waals surface area (Å²) in [6.45, 7) is 7.97. The number of nitrogens with zero attached hydrogens (tertiary/aromatic N) is 1. The molecule has 1 aromatic heterocycles.